The molecule has 0 aromatic heterocycles. The summed E-state index contributed by atoms with van der Waals surface area (Å²) in [7, 11) is -3.90. The number of hydrogen-bond acceptors (Lipinski definition) is 2. The van der Waals surface area contributed by atoms with Gasteiger partial charge in [-0.2, -0.15) is 0 Å². The molecule has 6 heteroatoms. The van der Waals surface area contributed by atoms with Crippen LogP contribution in [0.15, 0.2) is 65.6 Å². The van der Waals surface area contributed by atoms with E-state index < -0.39 is 16.3 Å². The van der Waals surface area contributed by atoms with Gasteiger partial charge < -0.3 is 4.72 Å². The van der Waals surface area contributed by atoms with Crippen molar-refractivity contribution in [3.8, 4) is 0 Å². The van der Waals surface area contributed by atoms with E-state index in [2.05, 4.69) is 4.72 Å². The van der Waals surface area contributed by atoms with E-state index >= 15 is 0 Å². The molecule has 2 aromatic rings. The zero-order chi connectivity index (χ0) is 13.0. The maximum Gasteiger partial charge on any atom is 1.00 e. The van der Waals surface area contributed by atoms with Gasteiger partial charge in [-0.3, -0.25) is 5.11 Å². The van der Waals surface area contributed by atoms with Gasteiger partial charge in [-0.15, -0.1) is 0 Å². The van der Waals surface area contributed by atoms with E-state index in [0.717, 1.165) is 0 Å². The Labute approximate surface area is 123 Å². The van der Waals surface area contributed by atoms with Crippen molar-refractivity contribution in [3.63, 3.8) is 0 Å². The van der Waals surface area contributed by atoms with Crippen LogP contribution in [0.5, 0.6) is 0 Å². The van der Waals surface area contributed by atoms with Gasteiger partial charge in [0.1, 0.15) is 10.0 Å². The first-order valence-corrected chi connectivity index (χ1v) is 6.76. The quantitative estimate of drug-likeness (QED) is 0.811. The van der Waals surface area contributed by atoms with Crippen LogP contribution in [0.4, 0.5) is 0 Å². The van der Waals surface area contributed by atoms with Gasteiger partial charge in [0.15, 0.2) is 0 Å². The second-order valence-corrected chi connectivity index (χ2v) is 5.29. The van der Waals surface area contributed by atoms with Crippen LogP contribution in [-0.4, -0.2) is 8.42 Å². The van der Waals surface area contributed by atoms with Crippen LogP contribution in [0, 0.1) is 0 Å². The summed E-state index contributed by atoms with van der Waals surface area (Å²) < 4.78 is 27.1. The minimum absolute atomic E-state index is 0. The van der Waals surface area contributed by atoms with Gasteiger partial charge in [-0.25, -0.2) is 8.42 Å². The molecule has 0 spiro atoms. The third-order valence-corrected chi connectivity index (χ3v) is 3.70. The number of hydrogen-bond donors (Lipinski definition) is 0. The van der Waals surface area contributed by atoms with Crippen molar-refractivity contribution in [2.45, 2.75) is 11.1 Å². The Kier molecular flexibility index (Phi) is 5.72. The zero-order valence-electron chi connectivity index (χ0n) is 9.73. The maximum atomic E-state index is 11.8. The van der Waals surface area contributed by atoms with Crippen LogP contribution in [0.3, 0.4) is 0 Å². The topological polar surface area (TPSA) is 68.1 Å². The first kappa shape index (κ1) is 15.9. The first-order valence-electron chi connectivity index (χ1n) is 5.32. The van der Waals surface area contributed by atoms with Crippen LogP contribution in [0.1, 0.15) is 11.8 Å². The van der Waals surface area contributed by atoms with Gasteiger partial charge in [-0.05, 0) is 17.7 Å². The molecule has 1 unspecified atom stereocenters. The number of sulfonamides is 1. The Morgan fingerprint density at radius 3 is 1.84 bits per heavy atom. The molecule has 1 atom stereocenters. The summed E-state index contributed by atoms with van der Waals surface area (Å²) in [6.07, 6.45) is -1.63. The molecular formula is C13H11CuNO3S. The average Bonchev–Trinajstić information content (AvgIpc) is 2.40. The largest absolute Gasteiger partial charge is 1.00 e. The number of nitrogens with zero attached hydrogens (tertiary/aromatic N) is 1. The molecule has 4 nitrogen and oxygen atoms in total. The second-order valence-electron chi connectivity index (χ2n) is 3.66. The van der Waals surface area contributed by atoms with Crippen LogP contribution in [0.25, 0.3) is 4.72 Å². The first-order chi connectivity index (χ1) is 8.59. The van der Waals surface area contributed by atoms with Crippen molar-refractivity contribution in [2.24, 2.45) is 0 Å². The predicted molar refractivity (Wildman–Crippen MR) is 66.9 cm³/mol. The van der Waals surface area contributed by atoms with Crippen LogP contribution in [-0.2, 0) is 32.2 Å². The van der Waals surface area contributed by atoms with E-state index in [-0.39, 0.29) is 22.0 Å². The van der Waals surface area contributed by atoms with Crippen molar-refractivity contribution in [1.82, 2.24) is 0 Å². The molecule has 0 fully saturated rings. The third kappa shape index (κ3) is 4.16. The molecule has 0 N–H and O–H groups in total. The van der Waals surface area contributed by atoms with Gasteiger partial charge in [0.2, 0.25) is 0 Å². The Morgan fingerprint density at radius 1 is 0.842 bits per heavy atom. The molecule has 0 heterocycles. The summed E-state index contributed by atoms with van der Waals surface area (Å²) in [4.78, 5) is 0.0294. The molecule has 19 heavy (non-hydrogen) atoms. The monoisotopic (exact) mass is 324 g/mol. The predicted octanol–water partition coefficient (Wildman–Crippen LogP) is 2.88. The fraction of sp³-hybridized carbons (Fsp3) is 0.0769. The molecule has 0 aliphatic heterocycles. The van der Waals surface area contributed by atoms with Crippen molar-refractivity contribution in [1.29, 1.82) is 0 Å². The summed E-state index contributed by atoms with van der Waals surface area (Å²) in [5, 5.41) is 11.8. The van der Waals surface area contributed by atoms with E-state index in [4.69, 9.17) is 0 Å². The molecule has 0 aliphatic carbocycles. The van der Waals surface area contributed by atoms with E-state index in [9.17, 15) is 13.5 Å². The SMILES string of the molecule is [Cu+].[O]C([N-]S(=O)(=O)c1ccccc1)c1ccccc1. The van der Waals surface area contributed by atoms with Gasteiger partial charge in [0.25, 0.3) is 0 Å². The number of benzene rings is 2. The molecule has 0 amide bonds. The van der Waals surface area contributed by atoms with Gasteiger partial charge in [0, 0.05) is 11.1 Å². The van der Waals surface area contributed by atoms with E-state index in [0.29, 0.717) is 5.56 Å². The molecule has 0 bridgehead atoms. The fourth-order valence-electron chi connectivity index (χ4n) is 1.46. The molecule has 0 aliphatic rings. The standard InChI is InChI=1S/C13H11NO3S.Cu/c15-13(11-7-3-1-4-8-11)14-18(16,17)12-9-5-2-6-10-12;/h1-10,13H;/q-1;+1. The Bertz CT molecular complexity index is 602. The Balaban J connectivity index is 0.00000180. The molecular weight excluding hydrogens is 314 g/mol. The average molecular weight is 325 g/mol. The van der Waals surface area contributed by atoms with E-state index in [1.165, 1.54) is 12.1 Å². The van der Waals surface area contributed by atoms with Gasteiger partial charge in [-0.1, -0.05) is 48.5 Å². The van der Waals surface area contributed by atoms with Crippen molar-refractivity contribution >= 4 is 10.0 Å². The summed E-state index contributed by atoms with van der Waals surface area (Å²) in [5.41, 5.74) is 0.331. The molecule has 0 saturated heterocycles. The molecule has 2 aromatic carbocycles. The normalized spacial score (nSPS) is 12.5. The van der Waals surface area contributed by atoms with Crippen molar-refractivity contribution < 1.29 is 30.6 Å². The molecule has 2 rings (SSSR count). The minimum Gasteiger partial charge on any atom is -0.512 e. The van der Waals surface area contributed by atoms with Crippen LogP contribution in [0.2, 0.25) is 0 Å². The van der Waals surface area contributed by atoms with Crippen LogP contribution < -0.4 is 0 Å². The minimum atomic E-state index is -3.90. The van der Waals surface area contributed by atoms with E-state index in [1.807, 2.05) is 0 Å². The second kappa shape index (κ2) is 6.84. The number of rotatable bonds is 4. The van der Waals surface area contributed by atoms with E-state index in [1.54, 1.807) is 48.5 Å². The molecule has 1 radical (unpaired) electrons. The summed E-state index contributed by atoms with van der Waals surface area (Å²) >= 11 is 0. The zero-order valence-corrected chi connectivity index (χ0v) is 11.5. The van der Waals surface area contributed by atoms with Crippen molar-refractivity contribution in [2.75, 3.05) is 0 Å². The van der Waals surface area contributed by atoms with Gasteiger partial charge in [0.05, 0.1) is 0 Å². The molecule has 103 valence electrons. The summed E-state index contributed by atoms with van der Waals surface area (Å²) in [5.74, 6) is 0. The smallest absolute Gasteiger partial charge is 0.512 e. The molecule has 0 saturated carbocycles. The van der Waals surface area contributed by atoms with Gasteiger partial charge >= 0.3 is 17.1 Å². The van der Waals surface area contributed by atoms with Crippen LogP contribution >= 0.6 is 0 Å². The fourth-order valence-corrected chi connectivity index (χ4v) is 2.45. The summed E-state index contributed by atoms with van der Waals surface area (Å²) in [6, 6.07) is 15.9. The Hall–Kier alpha value is -1.17. The maximum absolute atomic E-state index is 11.8. The summed E-state index contributed by atoms with van der Waals surface area (Å²) in [6.45, 7) is 0. The van der Waals surface area contributed by atoms with Crippen molar-refractivity contribution in [3.05, 3.63) is 70.9 Å². The Morgan fingerprint density at radius 2 is 1.32 bits per heavy atom. The third-order valence-electron chi connectivity index (χ3n) is 2.36.